The van der Waals surface area contributed by atoms with Gasteiger partial charge in [0.15, 0.2) is 0 Å². The summed E-state index contributed by atoms with van der Waals surface area (Å²) in [5.41, 5.74) is 2.77. The van der Waals surface area contributed by atoms with Crippen LogP contribution in [-0.2, 0) is 22.6 Å². The van der Waals surface area contributed by atoms with Gasteiger partial charge >= 0.3 is 0 Å². The summed E-state index contributed by atoms with van der Waals surface area (Å²) in [6.45, 7) is 5.59. The van der Waals surface area contributed by atoms with Crippen LogP contribution >= 0.6 is 0 Å². The molecule has 0 bridgehead atoms. The predicted octanol–water partition coefficient (Wildman–Crippen LogP) is 3.07. The maximum absolute atomic E-state index is 13.3. The Morgan fingerprint density at radius 3 is 2.74 bits per heavy atom. The number of likely N-dealkylation sites (tertiary alicyclic amines) is 1. The van der Waals surface area contributed by atoms with Crippen molar-refractivity contribution in [2.24, 2.45) is 5.41 Å². The Bertz CT molecular complexity index is 996. The second kappa shape index (κ2) is 11.7. The van der Waals surface area contributed by atoms with Crippen molar-refractivity contribution in [1.29, 1.82) is 0 Å². The third-order valence-corrected chi connectivity index (χ3v) is 7.43. The molecule has 1 aromatic carbocycles. The number of aromatic nitrogens is 2. The monoisotopic (exact) mass is 481 g/mol. The maximum Gasteiger partial charge on any atom is 0.236 e. The van der Waals surface area contributed by atoms with Crippen molar-refractivity contribution in [2.75, 3.05) is 39.8 Å². The lowest BCUT2D eigenvalue weighted by molar-refractivity contribution is -0.136. The smallest absolute Gasteiger partial charge is 0.236 e. The Morgan fingerprint density at radius 2 is 1.97 bits per heavy atom. The van der Waals surface area contributed by atoms with Gasteiger partial charge in [-0.1, -0.05) is 24.6 Å². The summed E-state index contributed by atoms with van der Waals surface area (Å²) in [6, 6.07) is 10.2. The molecule has 35 heavy (non-hydrogen) atoms. The normalized spacial score (nSPS) is 19.4. The molecule has 0 atom stereocenters. The molecule has 0 radical (unpaired) electrons. The van der Waals surface area contributed by atoms with Crippen LogP contribution < -0.4 is 10.1 Å². The highest BCUT2D eigenvalue weighted by molar-refractivity contribution is 5.83. The van der Waals surface area contributed by atoms with E-state index in [2.05, 4.69) is 32.5 Å². The van der Waals surface area contributed by atoms with Crippen molar-refractivity contribution in [2.45, 2.75) is 58.4 Å². The van der Waals surface area contributed by atoms with Crippen molar-refractivity contribution in [3.8, 4) is 5.75 Å². The SMILES string of the molecule is Cc1cc(CN(C)C(=O)CN2CCC3(CCCCc4ccccc4OCCCNC3=O)CC2)n[nH]1. The van der Waals surface area contributed by atoms with Crippen molar-refractivity contribution >= 4 is 11.8 Å². The van der Waals surface area contributed by atoms with E-state index >= 15 is 0 Å². The van der Waals surface area contributed by atoms with Crippen molar-refractivity contribution in [3.05, 3.63) is 47.3 Å². The first kappa shape index (κ1) is 25.2. The summed E-state index contributed by atoms with van der Waals surface area (Å²) in [7, 11) is 1.82. The number of amides is 2. The number of benzene rings is 1. The van der Waals surface area contributed by atoms with Crippen LogP contribution in [0.2, 0.25) is 0 Å². The Balaban J connectivity index is 1.32. The lowest BCUT2D eigenvalue weighted by atomic mass is 9.73. The van der Waals surface area contributed by atoms with Crippen LogP contribution in [-0.4, -0.2) is 71.6 Å². The Kier molecular flexibility index (Phi) is 8.44. The number of aromatic amines is 1. The number of nitrogens with one attached hydrogen (secondary N) is 2. The van der Waals surface area contributed by atoms with Crippen LogP contribution in [0.25, 0.3) is 0 Å². The van der Waals surface area contributed by atoms with E-state index in [0.29, 0.717) is 26.2 Å². The zero-order chi connectivity index (χ0) is 24.7. The number of nitrogens with zero attached hydrogens (tertiary/aromatic N) is 3. The molecule has 1 fully saturated rings. The summed E-state index contributed by atoms with van der Waals surface area (Å²) in [5, 5.41) is 10.3. The van der Waals surface area contributed by atoms with Gasteiger partial charge in [0, 0.05) is 19.3 Å². The quantitative estimate of drug-likeness (QED) is 0.701. The van der Waals surface area contributed by atoms with Gasteiger partial charge < -0.3 is 15.0 Å². The van der Waals surface area contributed by atoms with E-state index in [4.69, 9.17) is 4.74 Å². The van der Waals surface area contributed by atoms with E-state index < -0.39 is 0 Å². The molecule has 190 valence electrons. The molecule has 0 unspecified atom stereocenters. The first-order valence-corrected chi connectivity index (χ1v) is 12.9. The number of hydrogen-bond acceptors (Lipinski definition) is 5. The molecule has 1 aromatic heterocycles. The zero-order valence-corrected chi connectivity index (χ0v) is 21.1. The van der Waals surface area contributed by atoms with Crippen LogP contribution in [0.4, 0.5) is 0 Å². The highest BCUT2D eigenvalue weighted by Gasteiger charge is 2.41. The fraction of sp³-hybridized carbons (Fsp3) is 0.593. The molecular weight excluding hydrogens is 442 g/mol. The lowest BCUT2D eigenvalue weighted by Crippen LogP contribution is -2.51. The number of carbonyl (C=O) groups is 2. The topological polar surface area (TPSA) is 90.6 Å². The number of piperidine rings is 1. The molecule has 2 aromatic rings. The van der Waals surface area contributed by atoms with Crippen LogP contribution in [0.3, 0.4) is 0 Å². The number of para-hydroxylation sites is 1. The minimum absolute atomic E-state index is 0.0830. The molecule has 0 saturated carbocycles. The standard InChI is InChI=1S/C27H39N5O3/c1-21-18-23(30-29-21)19-31(2)25(33)20-32-15-12-27(13-16-32)11-6-5-9-22-8-3-4-10-24(22)35-17-7-14-28-26(27)34/h3-4,8,10,18H,5-7,9,11-17,19-20H2,1-2H3,(H,28,34)(H,29,30). The van der Waals surface area contributed by atoms with Crippen LogP contribution in [0.1, 0.15) is 55.5 Å². The molecule has 2 N–H and O–H groups in total. The summed E-state index contributed by atoms with van der Waals surface area (Å²) >= 11 is 0. The van der Waals surface area contributed by atoms with E-state index in [1.165, 1.54) is 5.56 Å². The number of fused-ring (bicyclic) bond motifs is 1. The molecule has 2 aliphatic heterocycles. The fourth-order valence-corrected chi connectivity index (χ4v) is 5.20. The molecule has 8 heteroatoms. The molecule has 3 heterocycles. The fourth-order valence-electron chi connectivity index (χ4n) is 5.20. The molecular formula is C27H39N5O3. The number of carbonyl (C=O) groups excluding carboxylic acids is 2. The van der Waals surface area contributed by atoms with Crippen LogP contribution in [0.5, 0.6) is 5.75 Å². The molecule has 1 saturated heterocycles. The Morgan fingerprint density at radius 1 is 1.17 bits per heavy atom. The summed E-state index contributed by atoms with van der Waals surface area (Å²) < 4.78 is 5.98. The Labute approximate surface area is 208 Å². The van der Waals surface area contributed by atoms with E-state index in [1.807, 2.05) is 32.2 Å². The third-order valence-electron chi connectivity index (χ3n) is 7.43. The molecule has 2 aliphatic rings. The number of ether oxygens (including phenoxy) is 1. The predicted molar refractivity (Wildman–Crippen MR) is 135 cm³/mol. The van der Waals surface area contributed by atoms with Gasteiger partial charge in [-0.15, -0.1) is 0 Å². The number of aryl methyl sites for hydroxylation is 2. The first-order valence-electron chi connectivity index (χ1n) is 12.9. The molecule has 2 amide bonds. The minimum Gasteiger partial charge on any atom is -0.493 e. The maximum atomic E-state index is 13.3. The average Bonchev–Trinajstić information content (AvgIpc) is 3.27. The minimum atomic E-state index is -0.341. The number of H-pyrrole nitrogens is 1. The molecule has 8 nitrogen and oxygen atoms in total. The van der Waals surface area contributed by atoms with E-state index in [-0.39, 0.29) is 17.2 Å². The number of hydrogen-bond donors (Lipinski definition) is 2. The highest BCUT2D eigenvalue weighted by atomic mass is 16.5. The molecule has 4 rings (SSSR count). The molecule has 0 aliphatic carbocycles. The lowest BCUT2D eigenvalue weighted by Gasteiger charge is -2.41. The number of likely N-dealkylation sites (N-methyl/N-ethyl adjacent to an activating group) is 1. The second-order valence-electron chi connectivity index (χ2n) is 10.1. The van der Waals surface area contributed by atoms with Gasteiger partial charge in [0.1, 0.15) is 5.75 Å². The van der Waals surface area contributed by atoms with Gasteiger partial charge in [-0.05, 0) is 76.2 Å². The Hall–Kier alpha value is -2.87. The first-order chi connectivity index (χ1) is 16.9. The third kappa shape index (κ3) is 6.63. The van der Waals surface area contributed by atoms with Crippen molar-refractivity contribution in [3.63, 3.8) is 0 Å². The molecule has 1 spiro atoms. The van der Waals surface area contributed by atoms with E-state index in [1.54, 1.807) is 4.90 Å². The zero-order valence-electron chi connectivity index (χ0n) is 21.1. The highest BCUT2D eigenvalue weighted by Crippen LogP contribution is 2.37. The van der Waals surface area contributed by atoms with Gasteiger partial charge in [-0.2, -0.15) is 5.10 Å². The van der Waals surface area contributed by atoms with Gasteiger partial charge in [-0.3, -0.25) is 19.6 Å². The van der Waals surface area contributed by atoms with Gasteiger partial charge in [0.25, 0.3) is 0 Å². The van der Waals surface area contributed by atoms with Gasteiger partial charge in [-0.25, -0.2) is 0 Å². The van der Waals surface area contributed by atoms with Crippen LogP contribution in [0, 0.1) is 12.3 Å². The van der Waals surface area contributed by atoms with Gasteiger partial charge in [0.05, 0.1) is 30.8 Å². The van der Waals surface area contributed by atoms with Gasteiger partial charge in [0.2, 0.25) is 11.8 Å². The van der Waals surface area contributed by atoms with E-state index in [0.717, 1.165) is 75.2 Å². The van der Waals surface area contributed by atoms with E-state index in [9.17, 15) is 9.59 Å². The summed E-state index contributed by atoms with van der Waals surface area (Å²) in [6.07, 6.45) is 6.28. The second-order valence-corrected chi connectivity index (χ2v) is 10.1. The van der Waals surface area contributed by atoms with Crippen molar-refractivity contribution < 1.29 is 14.3 Å². The van der Waals surface area contributed by atoms with Crippen LogP contribution in [0.15, 0.2) is 30.3 Å². The summed E-state index contributed by atoms with van der Waals surface area (Å²) in [4.78, 5) is 30.0. The summed E-state index contributed by atoms with van der Waals surface area (Å²) in [5.74, 6) is 1.23. The van der Waals surface area contributed by atoms with Crippen molar-refractivity contribution in [1.82, 2.24) is 25.3 Å². The largest absolute Gasteiger partial charge is 0.493 e. The average molecular weight is 482 g/mol. The number of rotatable bonds is 4.